The minimum Gasteiger partial charge on any atom is -0.370 e. The highest BCUT2D eigenvalue weighted by Gasteiger charge is 2.16. The number of hydrogen-bond donors (Lipinski definition) is 2. The van der Waals surface area contributed by atoms with E-state index in [1.54, 1.807) is 11.3 Å². The quantitative estimate of drug-likeness (QED) is 0.488. The molecule has 0 radical (unpaired) electrons. The Labute approximate surface area is 123 Å². The summed E-state index contributed by atoms with van der Waals surface area (Å²) in [6, 6.07) is 0. The van der Waals surface area contributed by atoms with Crippen LogP contribution in [-0.2, 0) is 6.54 Å². The van der Waals surface area contributed by atoms with E-state index in [4.69, 9.17) is 5.73 Å². The van der Waals surface area contributed by atoms with Crippen LogP contribution in [-0.4, -0.2) is 17.5 Å². The molecule has 0 saturated heterocycles. The smallest absolute Gasteiger partial charge is 0.189 e. The number of aromatic nitrogens is 1. The summed E-state index contributed by atoms with van der Waals surface area (Å²) in [7, 11) is 0. The Morgan fingerprint density at radius 2 is 2.41 bits per heavy atom. The normalized spacial score (nSPS) is 16.2. The van der Waals surface area contributed by atoms with Crippen molar-refractivity contribution >= 4 is 41.3 Å². The Morgan fingerprint density at radius 3 is 2.94 bits per heavy atom. The Kier molecular flexibility index (Phi) is 6.18. The highest BCUT2D eigenvalue weighted by molar-refractivity contribution is 14.0. The van der Waals surface area contributed by atoms with Crippen LogP contribution in [0.2, 0.25) is 0 Å². The van der Waals surface area contributed by atoms with Crippen molar-refractivity contribution < 1.29 is 0 Å². The molecule has 4 nitrogen and oxygen atoms in total. The fraction of sp³-hybridized carbons (Fsp3) is 0.636. The SMILES string of the molecule is Cc1cnc(CN=C(N)NCC2CCC2)s1.I. The predicted molar refractivity (Wildman–Crippen MR) is 82.9 cm³/mol. The van der Waals surface area contributed by atoms with Gasteiger partial charge in [0.1, 0.15) is 5.01 Å². The van der Waals surface area contributed by atoms with Gasteiger partial charge < -0.3 is 11.1 Å². The number of guanidine groups is 1. The Bertz CT molecular complexity index is 373. The first-order chi connectivity index (χ1) is 7.74. The fourth-order valence-electron chi connectivity index (χ4n) is 1.63. The van der Waals surface area contributed by atoms with Crippen molar-refractivity contribution in [2.24, 2.45) is 16.6 Å². The van der Waals surface area contributed by atoms with E-state index in [9.17, 15) is 0 Å². The number of thiazole rings is 1. The molecule has 1 aliphatic rings. The summed E-state index contributed by atoms with van der Waals surface area (Å²) >= 11 is 1.67. The van der Waals surface area contributed by atoms with Crippen molar-refractivity contribution in [2.45, 2.75) is 32.7 Å². The van der Waals surface area contributed by atoms with Gasteiger partial charge >= 0.3 is 0 Å². The van der Waals surface area contributed by atoms with E-state index in [-0.39, 0.29) is 24.0 Å². The molecule has 3 N–H and O–H groups in total. The van der Waals surface area contributed by atoms with Crippen molar-refractivity contribution in [3.63, 3.8) is 0 Å². The largest absolute Gasteiger partial charge is 0.370 e. The minimum atomic E-state index is 0. The highest BCUT2D eigenvalue weighted by atomic mass is 127. The van der Waals surface area contributed by atoms with Crippen molar-refractivity contribution in [1.82, 2.24) is 10.3 Å². The molecule has 0 unspecified atom stereocenters. The van der Waals surface area contributed by atoms with Crippen molar-refractivity contribution in [2.75, 3.05) is 6.54 Å². The zero-order chi connectivity index (χ0) is 11.4. The monoisotopic (exact) mass is 366 g/mol. The minimum absolute atomic E-state index is 0. The van der Waals surface area contributed by atoms with Crippen LogP contribution in [0.15, 0.2) is 11.2 Å². The number of halogens is 1. The summed E-state index contributed by atoms with van der Waals surface area (Å²) < 4.78 is 0. The van der Waals surface area contributed by atoms with Crippen LogP contribution >= 0.6 is 35.3 Å². The summed E-state index contributed by atoms with van der Waals surface area (Å²) in [4.78, 5) is 9.72. The van der Waals surface area contributed by atoms with Crippen LogP contribution in [0.3, 0.4) is 0 Å². The first-order valence-corrected chi connectivity index (χ1v) is 6.51. The molecule has 1 heterocycles. The van der Waals surface area contributed by atoms with E-state index in [0.717, 1.165) is 17.5 Å². The molecule has 2 rings (SSSR count). The molecule has 1 fully saturated rings. The van der Waals surface area contributed by atoms with Gasteiger partial charge in [-0.3, -0.25) is 0 Å². The Morgan fingerprint density at radius 1 is 1.65 bits per heavy atom. The van der Waals surface area contributed by atoms with Crippen molar-refractivity contribution in [3.05, 3.63) is 16.1 Å². The molecule has 0 amide bonds. The number of aliphatic imine (C=N–C) groups is 1. The van der Waals surface area contributed by atoms with Gasteiger partial charge in [0, 0.05) is 17.6 Å². The molecule has 1 aromatic rings. The summed E-state index contributed by atoms with van der Waals surface area (Å²) in [5.74, 6) is 1.34. The van der Waals surface area contributed by atoms with Gasteiger partial charge in [-0.05, 0) is 25.7 Å². The molecule has 0 spiro atoms. The number of hydrogen-bond acceptors (Lipinski definition) is 3. The molecular formula is C11H19IN4S. The van der Waals surface area contributed by atoms with Gasteiger partial charge in [-0.2, -0.15) is 0 Å². The van der Waals surface area contributed by atoms with Crippen LogP contribution < -0.4 is 11.1 Å². The average molecular weight is 366 g/mol. The second kappa shape index (κ2) is 7.15. The zero-order valence-corrected chi connectivity index (χ0v) is 13.1. The topological polar surface area (TPSA) is 63.3 Å². The lowest BCUT2D eigenvalue weighted by atomic mass is 9.85. The van der Waals surface area contributed by atoms with E-state index in [1.165, 1.54) is 24.1 Å². The molecule has 0 aromatic carbocycles. The Balaban J connectivity index is 0.00000144. The molecule has 17 heavy (non-hydrogen) atoms. The second-order valence-corrected chi connectivity index (χ2v) is 5.56. The molecular weight excluding hydrogens is 347 g/mol. The molecule has 1 saturated carbocycles. The number of rotatable bonds is 4. The van der Waals surface area contributed by atoms with Gasteiger partial charge in [0.15, 0.2) is 5.96 Å². The van der Waals surface area contributed by atoms with Crippen LogP contribution in [0.25, 0.3) is 0 Å². The zero-order valence-electron chi connectivity index (χ0n) is 9.98. The van der Waals surface area contributed by atoms with Gasteiger partial charge in [-0.15, -0.1) is 35.3 Å². The van der Waals surface area contributed by atoms with Crippen molar-refractivity contribution in [3.8, 4) is 0 Å². The third-order valence-corrected chi connectivity index (χ3v) is 3.75. The number of nitrogens with two attached hydrogens (primary N) is 1. The third-order valence-electron chi connectivity index (χ3n) is 2.85. The maximum absolute atomic E-state index is 5.77. The molecule has 96 valence electrons. The lowest BCUT2D eigenvalue weighted by molar-refractivity contribution is 0.315. The number of nitrogens with one attached hydrogen (secondary N) is 1. The van der Waals surface area contributed by atoms with Crippen LogP contribution in [0.5, 0.6) is 0 Å². The Hall–Kier alpha value is -0.370. The molecule has 1 aromatic heterocycles. The van der Waals surface area contributed by atoms with Gasteiger partial charge in [0.2, 0.25) is 0 Å². The van der Waals surface area contributed by atoms with Crippen molar-refractivity contribution in [1.29, 1.82) is 0 Å². The standard InChI is InChI=1S/C11H18N4S.HI/c1-8-5-13-10(16-8)7-15-11(12)14-6-9-3-2-4-9;/h5,9H,2-4,6-7H2,1H3,(H3,12,14,15);1H. The van der Waals surface area contributed by atoms with Gasteiger partial charge in [0.25, 0.3) is 0 Å². The number of nitrogens with zero attached hydrogens (tertiary/aromatic N) is 2. The third kappa shape index (κ3) is 4.79. The second-order valence-electron chi connectivity index (χ2n) is 4.24. The van der Waals surface area contributed by atoms with E-state index in [2.05, 4.69) is 15.3 Å². The van der Waals surface area contributed by atoms with E-state index in [1.807, 2.05) is 13.1 Å². The van der Waals surface area contributed by atoms with Crippen LogP contribution in [0, 0.1) is 12.8 Å². The van der Waals surface area contributed by atoms with Crippen LogP contribution in [0.1, 0.15) is 29.1 Å². The first-order valence-electron chi connectivity index (χ1n) is 5.69. The summed E-state index contributed by atoms with van der Waals surface area (Å²) in [6.45, 7) is 3.59. The molecule has 6 heteroatoms. The summed E-state index contributed by atoms with van der Waals surface area (Å²) in [5, 5.41) is 4.19. The lowest BCUT2D eigenvalue weighted by Gasteiger charge is -2.25. The molecule has 0 aliphatic heterocycles. The summed E-state index contributed by atoms with van der Waals surface area (Å²) in [5.41, 5.74) is 5.77. The average Bonchev–Trinajstić information content (AvgIpc) is 2.59. The van der Waals surface area contributed by atoms with E-state index >= 15 is 0 Å². The van der Waals surface area contributed by atoms with Gasteiger partial charge in [-0.1, -0.05) is 6.42 Å². The van der Waals surface area contributed by atoms with E-state index in [0.29, 0.717) is 12.5 Å². The molecule has 0 atom stereocenters. The maximum Gasteiger partial charge on any atom is 0.189 e. The van der Waals surface area contributed by atoms with Gasteiger partial charge in [0.05, 0.1) is 6.54 Å². The first kappa shape index (κ1) is 14.7. The van der Waals surface area contributed by atoms with Gasteiger partial charge in [-0.25, -0.2) is 9.98 Å². The number of aryl methyl sites for hydroxylation is 1. The molecule has 1 aliphatic carbocycles. The predicted octanol–water partition coefficient (Wildman–Crippen LogP) is 2.27. The van der Waals surface area contributed by atoms with Crippen LogP contribution in [0.4, 0.5) is 0 Å². The highest BCUT2D eigenvalue weighted by Crippen LogP contribution is 2.24. The fourth-order valence-corrected chi connectivity index (χ4v) is 2.34. The van der Waals surface area contributed by atoms with E-state index < -0.39 is 0 Å². The maximum atomic E-state index is 5.77. The molecule has 0 bridgehead atoms. The summed E-state index contributed by atoms with van der Waals surface area (Å²) in [6.07, 6.45) is 5.88. The lowest BCUT2D eigenvalue weighted by Crippen LogP contribution is -2.37.